The molecule has 2 aromatic carbocycles. The van der Waals surface area contributed by atoms with Gasteiger partial charge in [-0.3, -0.25) is 0 Å². The van der Waals surface area contributed by atoms with Crippen molar-refractivity contribution in [2.45, 2.75) is 0 Å². The summed E-state index contributed by atoms with van der Waals surface area (Å²) in [6, 6.07) is 10.1. The van der Waals surface area contributed by atoms with Gasteiger partial charge in [0, 0.05) is 11.1 Å². The van der Waals surface area contributed by atoms with E-state index in [1.807, 2.05) is 30.3 Å². The maximum absolute atomic E-state index is 14.3. The maximum Gasteiger partial charge on any atom is 0.337 e. The Kier molecular flexibility index (Phi) is 4.02. The van der Waals surface area contributed by atoms with Crippen molar-refractivity contribution >= 4 is 11.5 Å². The maximum atomic E-state index is 14.3. The number of esters is 1. The summed E-state index contributed by atoms with van der Waals surface area (Å²) < 4.78 is 29.8. The summed E-state index contributed by atoms with van der Waals surface area (Å²) in [5.41, 5.74) is 2.20. The topological polar surface area (TPSA) is 44.8 Å². The predicted molar refractivity (Wildman–Crippen MR) is 83.3 cm³/mol. The van der Waals surface area contributed by atoms with Gasteiger partial charge >= 0.3 is 5.97 Å². The SMILES string of the molecule is COC(=O)c1cc(F)c2c(c1)C(c1ccccc1OC)=CCO2. The van der Waals surface area contributed by atoms with Crippen LogP contribution in [-0.2, 0) is 4.74 Å². The van der Waals surface area contributed by atoms with Crippen LogP contribution in [0.25, 0.3) is 5.57 Å². The highest BCUT2D eigenvalue weighted by Crippen LogP contribution is 2.39. The van der Waals surface area contributed by atoms with E-state index >= 15 is 0 Å². The predicted octanol–water partition coefficient (Wildman–Crippen LogP) is 3.45. The molecule has 0 amide bonds. The molecule has 0 saturated heterocycles. The third kappa shape index (κ3) is 2.65. The Balaban J connectivity index is 2.19. The van der Waals surface area contributed by atoms with Gasteiger partial charge < -0.3 is 14.2 Å². The lowest BCUT2D eigenvalue weighted by Crippen LogP contribution is -2.11. The zero-order valence-electron chi connectivity index (χ0n) is 12.8. The van der Waals surface area contributed by atoms with Gasteiger partial charge in [0.05, 0.1) is 19.8 Å². The molecule has 0 aromatic heterocycles. The molecule has 1 aliphatic rings. The number of para-hydroxylation sites is 1. The molecule has 0 spiro atoms. The van der Waals surface area contributed by atoms with Gasteiger partial charge in [-0.2, -0.15) is 0 Å². The van der Waals surface area contributed by atoms with E-state index in [-0.39, 0.29) is 17.9 Å². The molecule has 0 saturated carbocycles. The van der Waals surface area contributed by atoms with E-state index in [4.69, 9.17) is 9.47 Å². The Morgan fingerprint density at radius 2 is 1.96 bits per heavy atom. The zero-order valence-corrected chi connectivity index (χ0v) is 12.8. The molecule has 0 unspecified atom stereocenters. The summed E-state index contributed by atoms with van der Waals surface area (Å²) in [5.74, 6) is -0.406. The number of rotatable bonds is 3. The molecule has 0 N–H and O–H groups in total. The summed E-state index contributed by atoms with van der Waals surface area (Å²) in [6.45, 7) is 0.245. The number of carbonyl (C=O) groups excluding carboxylic acids is 1. The molecular formula is C18H15FO4. The van der Waals surface area contributed by atoms with Crippen molar-refractivity contribution in [1.82, 2.24) is 0 Å². The van der Waals surface area contributed by atoms with Crippen LogP contribution < -0.4 is 9.47 Å². The molecule has 1 aliphatic heterocycles. The molecule has 0 atom stereocenters. The van der Waals surface area contributed by atoms with Crippen LogP contribution in [0.3, 0.4) is 0 Å². The van der Waals surface area contributed by atoms with Gasteiger partial charge in [-0.25, -0.2) is 9.18 Å². The molecule has 2 aromatic rings. The van der Waals surface area contributed by atoms with Crippen molar-refractivity contribution in [2.75, 3.05) is 20.8 Å². The average Bonchev–Trinajstić information content (AvgIpc) is 2.60. The van der Waals surface area contributed by atoms with Gasteiger partial charge in [0.1, 0.15) is 12.4 Å². The number of hydrogen-bond acceptors (Lipinski definition) is 4. The van der Waals surface area contributed by atoms with E-state index in [0.29, 0.717) is 11.3 Å². The highest BCUT2D eigenvalue weighted by molar-refractivity contribution is 5.94. The number of methoxy groups -OCH3 is 2. The number of ether oxygens (including phenoxy) is 3. The summed E-state index contributed by atoms with van der Waals surface area (Å²) in [6.07, 6.45) is 1.83. The van der Waals surface area contributed by atoms with Gasteiger partial charge in [0.2, 0.25) is 0 Å². The number of fused-ring (bicyclic) bond motifs is 1. The molecule has 118 valence electrons. The summed E-state index contributed by atoms with van der Waals surface area (Å²) in [5, 5.41) is 0. The fourth-order valence-corrected chi connectivity index (χ4v) is 2.62. The molecule has 23 heavy (non-hydrogen) atoms. The summed E-state index contributed by atoms with van der Waals surface area (Å²) in [7, 11) is 2.83. The van der Waals surface area contributed by atoms with Crippen molar-refractivity contribution in [2.24, 2.45) is 0 Å². The number of hydrogen-bond donors (Lipinski definition) is 0. The molecule has 1 heterocycles. The minimum absolute atomic E-state index is 0.126. The normalized spacial score (nSPS) is 12.7. The van der Waals surface area contributed by atoms with Gasteiger partial charge in [-0.05, 0) is 29.8 Å². The Morgan fingerprint density at radius 3 is 2.70 bits per heavy atom. The largest absolute Gasteiger partial charge is 0.496 e. The van der Waals surface area contributed by atoms with E-state index in [2.05, 4.69) is 4.74 Å². The number of halogens is 1. The lowest BCUT2D eigenvalue weighted by Gasteiger charge is -2.21. The van der Waals surface area contributed by atoms with E-state index in [1.165, 1.54) is 7.11 Å². The minimum atomic E-state index is -0.600. The van der Waals surface area contributed by atoms with Gasteiger partial charge in [0.25, 0.3) is 0 Å². The highest BCUT2D eigenvalue weighted by Gasteiger charge is 2.23. The van der Waals surface area contributed by atoms with Crippen LogP contribution in [0.15, 0.2) is 42.5 Å². The second kappa shape index (κ2) is 6.12. The zero-order chi connectivity index (χ0) is 16.4. The lowest BCUT2D eigenvalue weighted by atomic mass is 9.93. The van der Waals surface area contributed by atoms with Crippen LogP contribution in [0, 0.1) is 5.82 Å². The molecule has 3 rings (SSSR count). The first-order valence-electron chi connectivity index (χ1n) is 7.04. The van der Waals surface area contributed by atoms with E-state index in [1.54, 1.807) is 13.2 Å². The smallest absolute Gasteiger partial charge is 0.337 e. The molecule has 0 aliphatic carbocycles. The highest BCUT2D eigenvalue weighted by atomic mass is 19.1. The van der Waals surface area contributed by atoms with Gasteiger partial charge in [-0.15, -0.1) is 0 Å². The summed E-state index contributed by atoms with van der Waals surface area (Å²) in [4.78, 5) is 11.7. The van der Waals surface area contributed by atoms with E-state index in [9.17, 15) is 9.18 Å². The Bertz CT molecular complexity index is 796. The second-order valence-corrected chi connectivity index (χ2v) is 4.96. The van der Waals surface area contributed by atoms with Crippen LogP contribution in [-0.4, -0.2) is 26.8 Å². The van der Waals surface area contributed by atoms with Gasteiger partial charge in [-0.1, -0.05) is 18.2 Å². The first-order valence-corrected chi connectivity index (χ1v) is 7.04. The standard InChI is InChI=1S/C18H15FO4/c1-21-16-6-4-3-5-13(16)12-7-8-23-17-14(12)9-11(10-15(17)19)18(20)22-2/h3-7,9-10H,8H2,1-2H3. The average molecular weight is 314 g/mol. The van der Waals surface area contributed by atoms with Crippen molar-refractivity contribution in [3.05, 3.63) is 65.0 Å². The fourth-order valence-electron chi connectivity index (χ4n) is 2.62. The third-order valence-electron chi connectivity index (χ3n) is 3.67. The summed E-state index contributed by atoms with van der Waals surface area (Å²) >= 11 is 0. The minimum Gasteiger partial charge on any atom is -0.496 e. The van der Waals surface area contributed by atoms with Crippen LogP contribution in [0.4, 0.5) is 4.39 Å². The number of carbonyl (C=O) groups is 1. The first-order chi connectivity index (χ1) is 11.2. The van der Waals surface area contributed by atoms with Crippen molar-refractivity contribution in [3.63, 3.8) is 0 Å². The van der Waals surface area contributed by atoms with Crippen LogP contribution in [0.1, 0.15) is 21.5 Å². The van der Waals surface area contributed by atoms with E-state index in [0.717, 1.165) is 17.2 Å². The Morgan fingerprint density at radius 1 is 1.17 bits per heavy atom. The second-order valence-electron chi connectivity index (χ2n) is 4.96. The molecule has 0 fully saturated rings. The lowest BCUT2D eigenvalue weighted by molar-refractivity contribution is 0.0600. The third-order valence-corrected chi connectivity index (χ3v) is 3.67. The van der Waals surface area contributed by atoms with Crippen molar-refractivity contribution in [3.8, 4) is 11.5 Å². The quantitative estimate of drug-likeness (QED) is 0.814. The Labute approximate surface area is 133 Å². The molecular weight excluding hydrogens is 299 g/mol. The molecule has 5 heteroatoms. The molecule has 4 nitrogen and oxygen atoms in total. The number of benzene rings is 2. The van der Waals surface area contributed by atoms with Gasteiger partial charge in [0.15, 0.2) is 11.6 Å². The van der Waals surface area contributed by atoms with Crippen LogP contribution >= 0.6 is 0 Å². The van der Waals surface area contributed by atoms with Crippen molar-refractivity contribution in [1.29, 1.82) is 0 Å². The van der Waals surface area contributed by atoms with Crippen molar-refractivity contribution < 1.29 is 23.4 Å². The molecule has 0 radical (unpaired) electrons. The first kappa shape index (κ1) is 15.1. The monoisotopic (exact) mass is 314 g/mol. The van der Waals surface area contributed by atoms with Crippen LogP contribution in [0.2, 0.25) is 0 Å². The molecule has 0 bridgehead atoms. The Hall–Kier alpha value is -2.82. The van der Waals surface area contributed by atoms with Crippen LogP contribution in [0.5, 0.6) is 11.5 Å². The van der Waals surface area contributed by atoms with E-state index < -0.39 is 11.8 Å². The fraction of sp³-hybridized carbons (Fsp3) is 0.167.